The number of para-hydroxylation sites is 1. The smallest absolute Gasteiger partial charge is 0.271 e. The highest BCUT2D eigenvalue weighted by molar-refractivity contribution is 5.93. The van der Waals surface area contributed by atoms with Crippen molar-refractivity contribution in [3.63, 3.8) is 0 Å². The maximum absolute atomic E-state index is 12.2. The van der Waals surface area contributed by atoms with E-state index in [4.69, 9.17) is 9.47 Å². The number of nitrogens with zero attached hydrogens (tertiary/aromatic N) is 1. The van der Waals surface area contributed by atoms with E-state index in [9.17, 15) is 14.9 Å². The summed E-state index contributed by atoms with van der Waals surface area (Å²) in [4.78, 5) is 22.6. The van der Waals surface area contributed by atoms with Gasteiger partial charge in [-0.1, -0.05) is 32.0 Å². The van der Waals surface area contributed by atoms with Crippen LogP contribution in [0.25, 0.3) is 0 Å². The van der Waals surface area contributed by atoms with E-state index in [2.05, 4.69) is 19.2 Å². The monoisotopic (exact) mass is 358 g/mol. The number of benzene rings is 2. The molecule has 0 radical (unpaired) electrons. The molecule has 0 aliphatic heterocycles. The van der Waals surface area contributed by atoms with Crippen LogP contribution in [0.15, 0.2) is 42.5 Å². The largest absolute Gasteiger partial charge is 0.495 e. The first-order chi connectivity index (χ1) is 12.5. The molecule has 0 saturated heterocycles. The summed E-state index contributed by atoms with van der Waals surface area (Å²) in [5.74, 6) is 0.876. The van der Waals surface area contributed by atoms with Crippen molar-refractivity contribution in [2.45, 2.75) is 26.2 Å². The van der Waals surface area contributed by atoms with Crippen molar-refractivity contribution in [1.29, 1.82) is 0 Å². The average molecular weight is 358 g/mol. The van der Waals surface area contributed by atoms with E-state index in [-0.39, 0.29) is 18.0 Å². The minimum atomic E-state index is -0.534. The maximum atomic E-state index is 12.2. The van der Waals surface area contributed by atoms with Gasteiger partial charge < -0.3 is 14.8 Å². The minimum Gasteiger partial charge on any atom is -0.495 e. The van der Waals surface area contributed by atoms with Gasteiger partial charge in [-0.05, 0) is 30.0 Å². The number of non-ortho nitro benzene ring substituents is 1. The second-order valence-electron chi connectivity index (χ2n) is 5.83. The average Bonchev–Trinajstić information content (AvgIpc) is 2.65. The topological polar surface area (TPSA) is 90.7 Å². The third kappa shape index (κ3) is 4.72. The highest BCUT2D eigenvalue weighted by Gasteiger charge is 2.15. The van der Waals surface area contributed by atoms with Crippen molar-refractivity contribution in [1.82, 2.24) is 0 Å². The highest BCUT2D eigenvalue weighted by Crippen LogP contribution is 2.30. The van der Waals surface area contributed by atoms with Gasteiger partial charge in [-0.3, -0.25) is 14.9 Å². The van der Waals surface area contributed by atoms with E-state index in [0.717, 1.165) is 12.0 Å². The number of nitro groups is 1. The van der Waals surface area contributed by atoms with Crippen LogP contribution in [0, 0.1) is 10.1 Å². The van der Waals surface area contributed by atoms with Crippen LogP contribution in [0.5, 0.6) is 11.5 Å². The Kier molecular flexibility index (Phi) is 6.54. The summed E-state index contributed by atoms with van der Waals surface area (Å²) in [6.07, 6.45) is 0.956. The second-order valence-corrected chi connectivity index (χ2v) is 5.83. The predicted molar refractivity (Wildman–Crippen MR) is 98.9 cm³/mol. The Morgan fingerprint density at radius 3 is 2.62 bits per heavy atom. The molecule has 0 aromatic heterocycles. The van der Waals surface area contributed by atoms with Gasteiger partial charge in [-0.15, -0.1) is 0 Å². The number of amides is 1. The number of hydrogen-bond acceptors (Lipinski definition) is 5. The number of methoxy groups -OCH3 is 1. The molecule has 1 N–H and O–H groups in total. The summed E-state index contributed by atoms with van der Waals surface area (Å²) >= 11 is 0. The molecule has 0 aliphatic rings. The zero-order valence-corrected chi connectivity index (χ0v) is 15.0. The molecule has 1 atom stereocenters. The molecule has 0 heterocycles. The van der Waals surface area contributed by atoms with E-state index < -0.39 is 10.8 Å². The standard InChI is InChI=1S/C19H22N2O5/c1-4-13(2)15-7-5-6-8-17(15)26-12-19(22)20-16-11-14(21(23)24)9-10-18(16)25-3/h5-11,13H,4,12H2,1-3H3,(H,20,22). The molecule has 2 aromatic rings. The Hall–Kier alpha value is -3.09. The normalized spacial score (nSPS) is 11.5. The molecule has 2 rings (SSSR count). The zero-order valence-electron chi connectivity index (χ0n) is 15.0. The van der Waals surface area contributed by atoms with Gasteiger partial charge in [0, 0.05) is 12.1 Å². The zero-order chi connectivity index (χ0) is 19.1. The van der Waals surface area contributed by atoms with Crippen molar-refractivity contribution in [3.8, 4) is 11.5 Å². The number of carbonyl (C=O) groups excluding carboxylic acids is 1. The first-order valence-corrected chi connectivity index (χ1v) is 8.30. The van der Waals surface area contributed by atoms with Gasteiger partial charge in [0.1, 0.15) is 11.5 Å². The molecule has 7 nitrogen and oxygen atoms in total. The minimum absolute atomic E-state index is 0.135. The van der Waals surface area contributed by atoms with Crippen molar-refractivity contribution in [2.75, 3.05) is 19.0 Å². The van der Waals surface area contributed by atoms with Crippen LogP contribution < -0.4 is 14.8 Å². The van der Waals surface area contributed by atoms with Crippen LogP contribution in [0.4, 0.5) is 11.4 Å². The second kappa shape index (κ2) is 8.84. The Balaban J connectivity index is 2.08. The van der Waals surface area contributed by atoms with Gasteiger partial charge in [0.2, 0.25) is 0 Å². The van der Waals surface area contributed by atoms with Gasteiger partial charge >= 0.3 is 0 Å². The van der Waals surface area contributed by atoms with E-state index in [1.807, 2.05) is 24.3 Å². The van der Waals surface area contributed by atoms with Crippen LogP contribution >= 0.6 is 0 Å². The van der Waals surface area contributed by atoms with Crippen LogP contribution in [0.3, 0.4) is 0 Å². The van der Waals surface area contributed by atoms with Gasteiger partial charge in [0.05, 0.1) is 17.7 Å². The van der Waals surface area contributed by atoms with Crippen molar-refractivity contribution < 1.29 is 19.2 Å². The molecule has 1 unspecified atom stereocenters. The molecule has 0 saturated carbocycles. The highest BCUT2D eigenvalue weighted by atomic mass is 16.6. The van der Waals surface area contributed by atoms with E-state index >= 15 is 0 Å². The number of anilines is 1. The third-order valence-electron chi connectivity index (χ3n) is 4.09. The molecule has 0 fully saturated rings. The lowest BCUT2D eigenvalue weighted by molar-refractivity contribution is -0.384. The maximum Gasteiger partial charge on any atom is 0.271 e. The molecule has 26 heavy (non-hydrogen) atoms. The molecule has 1 amide bonds. The van der Waals surface area contributed by atoms with Gasteiger partial charge in [0.15, 0.2) is 6.61 Å². The third-order valence-corrected chi connectivity index (χ3v) is 4.09. The molecular weight excluding hydrogens is 336 g/mol. The van der Waals surface area contributed by atoms with E-state index in [0.29, 0.717) is 17.4 Å². The predicted octanol–water partition coefficient (Wildman–Crippen LogP) is 4.13. The Morgan fingerprint density at radius 1 is 1.23 bits per heavy atom. The Morgan fingerprint density at radius 2 is 1.96 bits per heavy atom. The van der Waals surface area contributed by atoms with Gasteiger partial charge in [-0.2, -0.15) is 0 Å². The molecule has 2 aromatic carbocycles. The van der Waals surface area contributed by atoms with Crippen LogP contribution in [-0.2, 0) is 4.79 Å². The summed E-state index contributed by atoms with van der Waals surface area (Å²) in [5, 5.41) is 13.5. The molecular formula is C19H22N2O5. The SMILES string of the molecule is CCC(C)c1ccccc1OCC(=O)Nc1cc([N+](=O)[O-])ccc1OC. The van der Waals surface area contributed by atoms with Crippen molar-refractivity contribution in [3.05, 3.63) is 58.1 Å². The molecule has 138 valence electrons. The molecule has 7 heteroatoms. The molecule has 0 spiro atoms. The number of ether oxygens (including phenoxy) is 2. The number of hydrogen-bond donors (Lipinski definition) is 1. The molecule has 0 bridgehead atoms. The fourth-order valence-corrected chi connectivity index (χ4v) is 2.48. The van der Waals surface area contributed by atoms with E-state index in [1.54, 1.807) is 0 Å². The van der Waals surface area contributed by atoms with Crippen molar-refractivity contribution in [2.24, 2.45) is 0 Å². The molecule has 0 aliphatic carbocycles. The summed E-state index contributed by atoms with van der Waals surface area (Å²) in [6, 6.07) is 11.6. The van der Waals surface area contributed by atoms with Crippen LogP contribution in [0.1, 0.15) is 31.7 Å². The number of nitro benzene ring substituents is 1. The lowest BCUT2D eigenvalue weighted by Gasteiger charge is -2.16. The first-order valence-electron chi connectivity index (χ1n) is 8.30. The Bertz CT molecular complexity index is 791. The number of rotatable bonds is 8. The van der Waals surface area contributed by atoms with Crippen molar-refractivity contribution >= 4 is 17.3 Å². The first kappa shape index (κ1) is 19.2. The summed E-state index contributed by atoms with van der Waals surface area (Å²) in [6.45, 7) is 3.97. The lowest BCUT2D eigenvalue weighted by Crippen LogP contribution is -2.21. The van der Waals surface area contributed by atoms with Crippen LogP contribution in [0.2, 0.25) is 0 Å². The van der Waals surface area contributed by atoms with Gasteiger partial charge in [0.25, 0.3) is 11.6 Å². The fraction of sp³-hybridized carbons (Fsp3) is 0.316. The van der Waals surface area contributed by atoms with Gasteiger partial charge in [-0.25, -0.2) is 0 Å². The lowest BCUT2D eigenvalue weighted by atomic mass is 9.98. The number of nitrogens with one attached hydrogen (secondary N) is 1. The summed E-state index contributed by atoms with van der Waals surface area (Å²) in [7, 11) is 1.43. The van der Waals surface area contributed by atoms with Crippen LogP contribution in [-0.4, -0.2) is 24.5 Å². The summed E-state index contributed by atoms with van der Waals surface area (Å²) < 4.78 is 10.8. The number of carbonyl (C=O) groups is 1. The Labute approximate surface area is 152 Å². The fourth-order valence-electron chi connectivity index (χ4n) is 2.48. The summed E-state index contributed by atoms with van der Waals surface area (Å²) in [5.41, 5.74) is 1.13. The quantitative estimate of drug-likeness (QED) is 0.566. The van der Waals surface area contributed by atoms with E-state index in [1.165, 1.54) is 25.3 Å².